The number of H-pyrrole nitrogens is 1. The minimum Gasteiger partial charge on any atom is -0.507 e. The SMILES string of the molecule is CC(=O)c1cc(NC(=O)CSc2nc(N)nc3nc[nH]c23)ccc1O. The molecule has 5 N–H and O–H groups in total. The number of anilines is 2. The first kappa shape index (κ1) is 16.7. The number of Topliss-reactive ketones (excluding diaryl/α,β-unsaturated/α-hetero) is 1. The van der Waals surface area contributed by atoms with Crippen LogP contribution in [0.25, 0.3) is 11.2 Å². The van der Waals surface area contributed by atoms with E-state index in [1.54, 1.807) is 0 Å². The molecule has 3 rings (SSSR count). The van der Waals surface area contributed by atoms with E-state index in [1.807, 2.05) is 0 Å². The van der Waals surface area contributed by atoms with Crippen LogP contribution in [-0.4, -0.2) is 42.5 Å². The number of nitrogen functional groups attached to an aromatic ring is 1. The van der Waals surface area contributed by atoms with Crippen molar-refractivity contribution < 1.29 is 14.7 Å². The fourth-order valence-electron chi connectivity index (χ4n) is 2.15. The van der Waals surface area contributed by atoms with E-state index in [2.05, 4.69) is 25.3 Å². The van der Waals surface area contributed by atoms with E-state index in [4.69, 9.17) is 5.73 Å². The van der Waals surface area contributed by atoms with Crippen LogP contribution >= 0.6 is 11.8 Å². The van der Waals surface area contributed by atoms with Crippen LogP contribution in [-0.2, 0) is 4.79 Å². The van der Waals surface area contributed by atoms with E-state index in [0.717, 1.165) is 0 Å². The van der Waals surface area contributed by atoms with Gasteiger partial charge in [0, 0.05) is 5.69 Å². The third-order valence-corrected chi connectivity index (χ3v) is 4.24. The number of nitrogens with two attached hydrogens (primary N) is 1. The van der Waals surface area contributed by atoms with Crippen LogP contribution in [0.15, 0.2) is 29.6 Å². The summed E-state index contributed by atoms with van der Waals surface area (Å²) in [5.74, 6) is -0.567. The minimum absolute atomic E-state index is 0.0703. The molecule has 3 aromatic rings. The van der Waals surface area contributed by atoms with Gasteiger partial charge in [0.05, 0.1) is 17.6 Å². The van der Waals surface area contributed by atoms with E-state index in [1.165, 1.54) is 43.2 Å². The van der Waals surface area contributed by atoms with Crippen molar-refractivity contribution in [3.8, 4) is 5.75 Å². The zero-order valence-corrected chi connectivity index (χ0v) is 13.9. The van der Waals surface area contributed by atoms with Gasteiger partial charge >= 0.3 is 0 Å². The van der Waals surface area contributed by atoms with Gasteiger partial charge in [0.1, 0.15) is 16.3 Å². The maximum Gasteiger partial charge on any atom is 0.234 e. The Balaban J connectivity index is 1.70. The second-order valence-electron chi connectivity index (χ2n) is 5.11. The highest BCUT2D eigenvalue weighted by molar-refractivity contribution is 8.00. The van der Waals surface area contributed by atoms with Crippen LogP contribution in [0.5, 0.6) is 5.75 Å². The molecular formula is C15H14N6O3S. The first-order valence-electron chi connectivity index (χ1n) is 7.17. The zero-order valence-electron chi connectivity index (χ0n) is 13.1. The number of aromatic nitrogens is 4. The van der Waals surface area contributed by atoms with E-state index in [-0.39, 0.29) is 34.7 Å². The summed E-state index contributed by atoms with van der Waals surface area (Å²) < 4.78 is 0. The zero-order chi connectivity index (χ0) is 18.0. The summed E-state index contributed by atoms with van der Waals surface area (Å²) in [6.07, 6.45) is 1.47. The number of ketones is 1. The fraction of sp³-hybridized carbons (Fsp3) is 0.133. The van der Waals surface area contributed by atoms with Gasteiger partial charge < -0.3 is 21.1 Å². The summed E-state index contributed by atoms with van der Waals surface area (Å²) >= 11 is 1.18. The van der Waals surface area contributed by atoms with Crippen molar-refractivity contribution in [3.63, 3.8) is 0 Å². The number of thioether (sulfide) groups is 1. The molecule has 0 unspecified atom stereocenters. The normalized spacial score (nSPS) is 10.8. The maximum atomic E-state index is 12.1. The molecule has 25 heavy (non-hydrogen) atoms. The van der Waals surface area contributed by atoms with Crippen LogP contribution < -0.4 is 11.1 Å². The van der Waals surface area contributed by atoms with Crippen molar-refractivity contribution >= 4 is 46.3 Å². The standard InChI is InChI=1S/C15H14N6O3S/c1-7(22)9-4-8(2-3-10(9)23)19-11(24)5-25-14-12-13(18-6-17-12)20-15(16)21-14/h2-4,6,23H,5H2,1H3,(H,19,24)(H3,16,17,18,20,21). The number of benzene rings is 1. The number of phenolic OH excluding ortho intramolecular Hbond substituents is 1. The van der Waals surface area contributed by atoms with E-state index >= 15 is 0 Å². The van der Waals surface area contributed by atoms with Crippen LogP contribution in [0.2, 0.25) is 0 Å². The lowest BCUT2D eigenvalue weighted by molar-refractivity contribution is -0.113. The van der Waals surface area contributed by atoms with Gasteiger partial charge in [0.2, 0.25) is 11.9 Å². The second-order valence-corrected chi connectivity index (χ2v) is 6.08. The number of aromatic hydroxyl groups is 1. The number of rotatable bonds is 5. The highest BCUT2D eigenvalue weighted by Crippen LogP contribution is 2.25. The topological polar surface area (TPSA) is 147 Å². The van der Waals surface area contributed by atoms with Crippen LogP contribution in [0, 0.1) is 0 Å². The molecular weight excluding hydrogens is 344 g/mol. The molecule has 1 aromatic carbocycles. The summed E-state index contributed by atoms with van der Waals surface area (Å²) in [7, 11) is 0. The Morgan fingerprint density at radius 2 is 2.16 bits per heavy atom. The molecule has 10 heteroatoms. The predicted octanol–water partition coefficient (Wildman–Crippen LogP) is 1.57. The van der Waals surface area contributed by atoms with Gasteiger partial charge in [-0.25, -0.2) is 9.97 Å². The highest BCUT2D eigenvalue weighted by atomic mass is 32.2. The van der Waals surface area contributed by atoms with E-state index in [0.29, 0.717) is 21.9 Å². The lowest BCUT2D eigenvalue weighted by atomic mass is 10.1. The molecule has 0 saturated carbocycles. The smallest absolute Gasteiger partial charge is 0.234 e. The maximum absolute atomic E-state index is 12.1. The third kappa shape index (κ3) is 3.69. The summed E-state index contributed by atoms with van der Waals surface area (Å²) in [5, 5.41) is 12.8. The molecule has 9 nitrogen and oxygen atoms in total. The number of nitrogens with one attached hydrogen (secondary N) is 2. The largest absolute Gasteiger partial charge is 0.507 e. The summed E-state index contributed by atoms with van der Waals surface area (Å²) in [4.78, 5) is 38.6. The number of fused-ring (bicyclic) bond motifs is 1. The number of amides is 1. The molecule has 0 atom stereocenters. The van der Waals surface area contributed by atoms with E-state index < -0.39 is 0 Å². The Kier molecular flexibility index (Phi) is 4.52. The summed E-state index contributed by atoms with van der Waals surface area (Å²) in [6, 6.07) is 4.30. The van der Waals surface area contributed by atoms with Crippen LogP contribution in [0.1, 0.15) is 17.3 Å². The van der Waals surface area contributed by atoms with Gasteiger partial charge in [-0.1, -0.05) is 11.8 Å². The van der Waals surface area contributed by atoms with Crippen molar-refractivity contribution in [2.75, 3.05) is 16.8 Å². The van der Waals surface area contributed by atoms with Gasteiger partial charge in [0.15, 0.2) is 11.4 Å². The van der Waals surface area contributed by atoms with Crippen LogP contribution in [0.4, 0.5) is 11.6 Å². The molecule has 0 radical (unpaired) electrons. The van der Waals surface area contributed by atoms with Crippen molar-refractivity contribution in [2.45, 2.75) is 11.9 Å². The van der Waals surface area contributed by atoms with Crippen molar-refractivity contribution in [1.29, 1.82) is 0 Å². The molecule has 2 heterocycles. The number of imidazole rings is 1. The number of aromatic amines is 1. The molecule has 0 bridgehead atoms. The Morgan fingerprint density at radius 1 is 1.36 bits per heavy atom. The van der Waals surface area contributed by atoms with Crippen molar-refractivity contribution in [3.05, 3.63) is 30.1 Å². The molecule has 0 aliphatic carbocycles. The molecule has 2 aromatic heterocycles. The quantitative estimate of drug-likeness (QED) is 0.233. The number of nitrogens with zero attached hydrogens (tertiary/aromatic N) is 3. The second kappa shape index (κ2) is 6.77. The number of hydrogen-bond donors (Lipinski definition) is 4. The average molecular weight is 358 g/mol. The first-order chi connectivity index (χ1) is 11.9. The molecule has 0 spiro atoms. The molecule has 0 saturated heterocycles. The van der Waals surface area contributed by atoms with Crippen molar-refractivity contribution in [1.82, 2.24) is 19.9 Å². The van der Waals surface area contributed by atoms with E-state index in [9.17, 15) is 14.7 Å². The highest BCUT2D eigenvalue weighted by Gasteiger charge is 2.13. The summed E-state index contributed by atoms with van der Waals surface area (Å²) in [5.41, 5.74) is 7.23. The number of carbonyl (C=O) groups excluding carboxylic acids is 2. The van der Waals surface area contributed by atoms with Gasteiger partial charge in [-0.15, -0.1) is 0 Å². The Hall–Kier alpha value is -3.14. The molecule has 1 amide bonds. The fourth-order valence-corrected chi connectivity index (χ4v) is 2.95. The first-order valence-corrected chi connectivity index (χ1v) is 8.16. The number of hydrogen-bond acceptors (Lipinski definition) is 8. The van der Waals surface area contributed by atoms with Gasteiger partial charge in [-0.05, 0) is 25.1 Å². The van der Waals surface area contributed by atoms with Gasteiger partial charge in [-0.2, -0.15) is 4.98 Å². The summed E-state index contributed by atoms with van der Waals surface area (Å²) in [6.45, 7) is 1.34. The number of phenols is 1. The van der Waals surface area contributed by atoms with Crippen LogP contribution in [0.3, 0.4) is 0 Å². The Morgan fingerprint density at radius 3 is 2.92 bits per heavy atom. The minimum atomic E-state index is -0.296. The monoisotopic (exact) mass is 358 g/mol. The lowest BCUT2D eigenvalue weighted by Crippen LogP contribution is -2.14. The van der Waals surface area contributed by atoms with Gasteiger partial charge in [0.25, 0.3) is 0 Å². The lowest BCUT2D eigenvalue weighted by Gasteiger charge is -2.08. The molecule has 0 aliphatic rings. The predicted molar refractivity (Wildman–Crippen MR) is 93.6 cm³/mol. The Labute approximate surface area is 146 Å². The third-order valence-electron chi connectivity index (χ3n) is 3.27. The van der Waals surface area contributed by atoms with Crippen molar-refractivity contribution in [2.24, 2.45) is 0 Å². The molecule has 0 fully saturated rings. The molecule has 0 aliphatic heterocycles. The number of carbonyl (C=O) groups is 2. The average Bonchev–Trinajstić information content (AvgIpc) is 3.02. The van der Waals surface area contributed by atoms with Gasteiger partial charge in [-0.3, -0.25) is 9.59 Å². The molecule has 128 valence electrons. The Bertz CT molecular complexity index is 971.